The number of guanidine groups is 1. The van der Waals surface area contributed by atoms with Crippen molar-refractivity contribution in [3.8, 4) is 5.75 Å². The normalized spacial score (nSPS) is 18.8. The summed E-state index contributed by atoms with van der Waals surface area (Å²) >= 11 is 0. The SMILES string of the molecule is CN=C(NCCCOC1CCOC1)NCCc1cc(F)cc2c1OCOC2.I. The molecule has 0 aliphatic carbocycles. The molecule has 0 saturated carbocycles. The predicted molar refractivity (Wildman–Crippen MR) is 115 cm³/mol. The van der Waals surface area contributed by atoms with Crippen LogP contribution in [0, 0.1) is 5.82 Å². The second-order valence-corrected chi connectivity index (χ2v) is 6.55. The summed E-state index contributed by atoms with van der Waals surface area (Å²) in [6.07, 6.45) is 2.75. The third kappa shape index (κ3) is 7.02. The highest BCUT2D eigenvalue weighted by Crippen LogP contribution is 2.29. The predicted octanol–water partition coefficient (Wildman–Crippen LogP) is 2.21. The molecule has 0 aromatic heterocycles. The van der Waals surface area contributed by atoms with Crippen LogP contribution in [0.4, 0.5) is 4.39 Å². The van der Waals surface area contributed by atoms with Gasteiger partial charge in [0.15, 0.2) is 12.8 Å². The Morgan fingerprint density at radius 3 is 2.93 bits per heavy atom. The molecule has 2 N–H and O–H groups in total. The lowest BCUT2D eigenvalue weighted by atomic mass is 10.1. The highest BCUT2D eigenvalue weighted by molar-refractivity contribution is 14.0. The van der Waals surface area contributed by atoms with Crippen LogP contribution in [0.25, 0.3) is 0 Å². The molecule has 0 radical (unpaired) electrons. The lowest BCUT2D eigenvalue weighted by Gasteiger charge is -2.21. The van der Waals surface area contributed by atoms with Crippen LogP contribution < -0.4 is 15.4 Å². The summed E-state index contributed by atoms with van der Waals surface area (Å²) in [5.41, 5.74) is 1.59. The molecule has 0 spiro atoms. The van der Waals surface area contributed by atoms with Crippen LogP contribution in [0.5, 0.6) is 5.75 Å². The lowest BCUT2D eigenvalue weighted by Crippen LogP contribution is -2.39. The van der Waals surface area contributed by atoms with E-state index in [2.05, 4.69) is 15.6 Å². The van der Waals surface area contributed by atoms with E-state index >= 15 is 0 Å². The molecule has 1 atom stereocenters. The monoisotopic (exact) mass is 509 g/mol. The largest absolute Gasteiger partial charge is 0.467 e. The number of hydrogen-bond acceptors (Lipinski definition) is 5. The second-order valence-electron chi connectivity index (χ2n) is 6.55. The number of fused-ring (bicyclic) bond motifs is 1. The van der Waals surface area contributed by atoms with Crippen molar-refractivity contribution in [3.05, 3.63) is 29.1 Å². The van der Waals surface area contributed by atoms with Crippen LogP contribution >= 0.6 is 24.0 Å². The third-order valence-corrected chi connectivity index (χ3v) is 4.52. The molecule has 2 aliphatic rings. The molecule has 1 aromatic rings. The average molecular weight is 509 g/mol. The van der Waals surface area contributed by atoms with E-state index in [0.29, 0.717) is 38.7 Å². The van der Waals surface area contributed by atoms with E-state index in [1.807, 2.05) is 0 Å². The molecule has 1 saturated heterocycles. The summed E-state index contributed by atoms with van der Waals surface area (Å²) in [5.74, 6) is 1.18. The fourth-order valence-corrected chi connectivity index (χ4v) is 3.15. The highest BCUT2D eigenvalue weighted by atomic mass is 127. The number of ether oxygens (including phenoxy) is 4. The van der Waals surface area contributed by atoms with Gasteiger partial charge in [0, 0.05) is 38.9 Å². The van der Waals surface area contributed by atoms with Gasteiger partial charge in [-0.3, -0.25) is 4.99 Å². The Kier molecular flexibility index (Phi) is 10.2. The molecule has 28 heavy (non-hydrogen) atoms. The Hall–Kier alpha value is -1.17. The average Bonchev–Trinajstić information content (AvgIpc) is 3.19. The molecule has 2 heterocycles. The number of rotatable bonds is 8. The maximum Gasteiger partial charge on any atom is 0.190 e. The fourth-order valence-electron chi connectivity index (χ4n) is 3.15. The maximum atomic E-state index is 13.8. The van der Waals surface area contributed by atoms with Gasteiger partial charge in [0.25, 0.3) is 0 Å². The fraction of sp³-hybridized carbons (Fsp3) is 0.632. The smallest absolute Gasteiger partial charge is 0.190 e. The Morgan fingerprint density at radius 1 is 1.29 bits per heavy atom. The van der Waals surface area contributed by atoms with E-state index in [0.717, 1.165) is 42.9 Å². The van der Waals surface area contributed by atoms with Gasteiger partial charge in [-0.1, -0.05) is 0 Å². The van der Waals surface area contributed by atoms with Gasteiger partial charge in [0.2, 0.25) is 0 Å². The molecule has 158 valence electrons. The first-order valence-corrected chi connectivity index (χ1v) is 9.42. The molecule has 0 bridgehead atoms. The number of benzene rings is 1. The van der Waals surface area contributed by atoms with Crippen molar-refractivity contribution in [2.24, 2.45) is 4.99 Å². The molecule has 3 rings (SSSR count). The molecule has 2 aliphatic heterocycles. The highest BCUT2D eigenvalue weighted by Gasteiger charge is 2.17. The van der Waals surface area contributed by atoms with Crippen molar-refractivity contribution in [2.75, 3.05) is 46.8 Å². The first-order chi connectivity index (χ1) is 13.3. The zero-order valence-corrected chi connectivity index (χ0v) is 18.5. The van der Waals surface area contributed by atoms with Crippen LogP contribution in [-0.4, -0.2) is 58.8 Å². The van der Waals surface area contributed by atoms with Crippen molar-refractivity contribution in [1.82, 2.24) is 10.6 Å². The van der Waals surface area contributed by atoms with Gasteiger partial charge in [-0.25, -0.2) is 4.39 Å². The minimum absolute atomic E-state index is 0. The third-order valence-electron chi connectivity index (χ3n) is 4.52. The van der Waals surface area contributed by atoms with Gasteiger partial charge in [-0.15, -0.1) is 24.0 Å². The maximum absolute atomic E-state index is 13.8. The van der Waals surface area contributed by atoms with E-state index in [1.54, 1.807) is 7.05 Å². The summed E-state index contributed by atoms with van der Waals surface area (Å²) in [6.45, 7) is 4.18. The van der Waals surface area contributed by atoms with Crippen LogP contribution in [0.3, 0.4) is 0 Å². The standard InChI is InChI=1S/C19H28FN3O4.HI/c1-21-19(22-5-2-7-26-17-4-8-24-12-17)23-6-3-14-9-16(20)10-15-11-25-13-27-18(14)15;/h9-10,17H,2-8,11-13H2,1H3,(H2,21,22,23);1H. The van der Waals surface area contributed by atoms with Gasteiger partial charge in [-0.2, -0.15) is 0 Å². The molecular formula is C19H29FIN3O4. The van der Waals surface area contributed by atoms with Crippen molar-refractivity contribution >= 4 is 29.9 Å². The zero-order chi connectivity index (χ0) is 18.9. The quantitative estimate of drug-likeness (QED) is 0.243. The molecular weight excluding hydrogens is 480 g/mol. The molecule has 7 nitrogen and oxygen atoms in total. The molecule has 1 fully saturated rings. The van der Waals surface area contributed by atoms with E-state index in [9.17, 15) is 4.39 Å². The van der Waals surface area contributed by atoms with Gasteiger partial charge in [0.1, 0.15) is 11.6 Å². The van der Waals surface area contributed by atoms with Crippen molar-refractivity contribution in [3.63, 3.8) is 0 Å². The first kappa shape index (κ1) is 23.1. The number of halogens is 2. The van der Waals surface area contributed by atoms with Gasteiger partial charge < -0.3 is 29.6 Å². The number of hydrogen-bond donors (Lipinski definition) is 2. The van der Waals surface area contributed by atoms with E-state index < -0.39 is 0 Å². The van der Waals surface area contributed by atoms with Crippen LogP contribution in [0.1, 0.15) is 24.0 Å². The number of nitrogens with zero attached hydrogens (tertiary/aromatic N) is 1. The first-order valence-electron chi connectivity index (χ1n) is 9.42. The Morgan fingerprint density at radius 2 is 2.14 bits per heavy atom. The Bertz CT molecular complexity index is 642. The Balaban J connectivity index is 0.00000280. The summed E-state index contributed by atoms with van der Waals surface area (Å²) in [4.78, 5) is 4.21. The van der Waals surface area contributed by atoms with Crippen molar-refractivity contribution in [2.45, 2.75) is 32.0 Å². The summed E-state index contributed by atoms with van der Waals surface area (Å²) in [5, 5.41) is 6.50. The van der Waals surface area contributed by atoms with Gasteiger partial charge >= 0.3 is 0 Å². The number of aliphatic imine (C=N–C) groups is 1. The molecule has 1 aromatic carbocycles. The Labute approximate surface area is 182 Å². The van der Waals surface area contributed by atoms with Crippen molar-refractivity contribution < 1.29 is 23.3 Å². The minimum Gasteiger partial charge on any atom is -0.467 e. The van der Waals surface area contributed by atoms with Crippen LogP contribution in [0.15, 0.2) is 17.1 Å². The molecule has 9 heteroatoms. The van der Waals surface area contributed by atoms with Crippen molar-refractivity contribution in [1.29, 1.82) is 0 Å². The topological polar surface area (TPSA) is 73.3 Å². The summed E-state index contributed by atoms with van der Waals surface area (Å²) in [6, 6.07) is 2.98. The van der Waals surface area contributed by atoms with Gasteiger partial charge in [-0.05, 0) is 37.0 Å². The van der Waals surface area contributed by atoms with Crippen LogP contribution in [-0.2, 0) is 27.2 Å². The zero-order valence-electron chi connectivity index (χ0n) is 16.2. The number of nitrogens with one attached hydrogen (secondary N) is 2. The van der Waals surface area contributed by atoms with Gasteiger partial charge in [0.05, 0.1) is 19.3 Å². The lowest BCUT2D eigenvalue weighted by molar-refractivity contribution is -0.0172. The van der Waals surface area contributed by atoms with E-state index in [-0.39, 0.29) is 42.7 Å². The summed E-state index contributed by atoms with van der Waals surface area (Å²) in [7, 11) is 1.73. The van der Waals surface area contributed by atoms with E-state index in [4.69, 9.17) is 18.9 Å². The molecule has 1 unspecified atom stereocenters. The summed E-state index contributed by atoms with van der Waals surface area (Å²) < 4.78 is 35.5. The van der Waals surface area contributed by atoms with E-state index in [1.165, 1.54) is 12.1 Å². The minimum atomic E-state index is -0.270. The second kappa shape index (κ2) is 12.4. The van der Waals surface area contributed by atoms with Crippen LogP contribution in [0.2, 0.25) is 0 Å². The molecule has 0 amide bonds.